The highest BCUT2D eigenvalue weighted by Crippen LogP contribution is 2.19. The lowest BCUT2D eigenvalue weighted by molar-refractivity contribution is -0.121. The van der Waals surface area contributed by atoms with Crippen LogP contribution in [0.4, 0.5) is 0 Å². The van der Waals surface area contributed by atoms with Crippen LogP contribution in [0.15, 0.2) is 6.20 Å². The van der Waals surface area contributed by atoms with E-state index in [1.807, 2.05) is 27.0 Å². The Labute approximate surface area is 107 Å². The van der Waals surface area contributed by atoms with Gasteiger partial charge in [-0.25, -0.2) is 4.98 Å². The Bertz CT molecular complexity index is 362. The first-order valence-corrected chi connectivity index (χ1v) is 6.82. The average Bonchev–Trinajstić information content (AvgIpc) is 2.74. The summed E-state index contributed by atoms with van der Waals surface area (Å²) in [6.07, 6.45) is 2.88. The van der Waals surface area contributed by atoms with Crippen molar-refractivity contribution in [2.45, 2.75) is 46.2 Å². The minimum absolute atomic E-state index is 0.0123. The van der Waals surface area contributed by atoms with Gasteiger partial charge in [0.2, 0.25) is 5.91 Å². The molecule has 0 aliphatic heterocycles. The largest absolute Gasteiger partial charge is 0.346 e. The van der Waals surface area contributed by atoms with Gasteiger partial charge in [-0.15, -0.1) is 11.3 Å². The monoisotopic (exact) mass is 255 g/mol. The highest BCUT2D eigenvalue weighted by molar-refractivity contribution is 7.11. The number of nitrogens with zero attached hydrogens (tertiary/aromatic N) is 1. The summed E-state index contributed by atoms with van der Waals surface area (Å²) >= 11 is 1.66. The predicted molar refractivity (Wildman–Crippen MR) is 71.2 cm³/mol. The van der Waals surface area contributed by atoms with Crippen molar-refractivity contribution in [3.8, 4) is 0 Å². The van der Waals surface area contributed by atoms with Crippen LogP contribution in [0.2, 0.25) is 0 Å². The Kier molecular flexibility index (Phi) is 5.58. The van der Waals surface area contributed by atoms with Crippen LogP contribution in [0.25, 0.3) is 0 Å². The van der Waals surface area contributed by atoms with E-state index in [9.17, 15) is 4.79 Å². The standard InChI is InChI=1S/C12H21N3OS/c1-5-10-6-14-12(17-10)9(4)15-11(16)7-13-8(2)3/h6,8-9,13H,5,7H2,1-4H3,(H,15,16). The number of hydrogen-bond acceptors (Lipinski definition) is 4. The minimum Gasteiger partial charge on any atom is -0.346 e. The fourth-order valence-corrected chi connectivity index (χ4v) is 2.20. The summed E-state index contributed by atoms with van der Waals surface area (Å²) in [7, 11) is 0. The number of hydrogen-bond donors (Lipinski definition) is 2. The number of thiazole rings is 1. The van der Waals surface area contributed by atoms with Gasteiger partial charge in [-0.1, -0.05) is 20.8 Å². The maximum atomic E-state index is 11.6. The third-order valence-corrected chi connectivity index (χ3v) is 3.66. The first kappa shape index (κ1) is 14.1. The van der Waals surface area contributed by atoms with Crippen molar-refractivity contribution in [1.82, 2.24) is 15.6 Å². The van der Waals surface area contributed by atoms with Crippen molar-refractivity contribution >= 4 is 17.2 Å². The molecular weight excluding hydrogens is 234 g/mol. The molecule has 1 aromatic rings. The first-order chi connectivity index (χ1) is 8.02. The highest BCUT2D eigenvalue weighted by Gasteiger charge is 2.12. The molecule has 0 saturated carbocycles. The van der Waals surface area contributed by atoms with Gasteiger partial charge in [0, 0.05) is 17.1 Å². The average molecular weight is 255 g/mol. The summed E-state index contributed by atoms with van der Waals surface area (Å²) in [5, 5.41) is 7.00. The molecule has 0 bridgehead atoms. The lowest BCUT2D eigenvalue weighted by Crippen LogP contribution is -2.37. The van der Waals surface area contributed by atoms with Crippen LogP contribution in [0.1, 0.15) is 43.6 Å². The molecule has 0 fully saturated rings. The molecule has 17 heavy (non-hydrogen) atoms. The molecule has 1 heterocycles. The van der Waals surface area contributed by atoms with Crippen LogP contribution in [-0.2, 0) is 11.2 Å². The van der Waals surface area contributed by atoms with Gasteiger partial charge in [0.1, 0.15) is 5.01 Å². The van der Waals surface area contributed by atoms with E-state index in [0.717, 1.165) is 11.4 Å². The molecule has 1 aromatic heterocycles. The molecule has 1 atom stereocenters. The van der Waals surface area contributed by atoms with E-state index in [4.69, 9.17) is 0 Å². The summed E-state index contributed by atoms with van der Waals surface area (Å²) in [5.74, 6) is 0.0134. The van der Waals surface area contributed by atoms with E-state index in [-0.39, 0.29) is 11.9 Å². The topological polar surface area (TPSA) is 54.0 Å². The number of carbonyl (C=O) groups is 1. The minimum atomic E-state index is -0.0123. The molecule has 5 heteroatoms. The Balaban J connectivity index is 2.42. The quantitative estimate of drug-likeness (QED) is 0.816. The zero-order valence-electron chi connectivity index (χ0n) is 10.9. The Morgan fingerprint density at radius 1 is 1.47 bits per heavy atom. The molecule has 2 N–H and O–H groups in total. The molecule has 4 nitrogen and oxygen atoms in total. The molecule has 0 aliphatic rings. The van der Waals surface area contributed by atoms with Crippen LogP contribution in [0.3, 0.4) is 0 Å². The van der Waals surface area contributed by atoms with Gasteiger partial charge in [-0.05, 0) is 13.3 Å². The van der Waals surface area contributed by atoms with Gasteiger partial charge in [0.15, 0.2) is 0 Å². The van der Waals surface area contributed by atoms with Crippen molar-refractivity contribution in [1.29, 1.82) is 0 Å². The lowest BCUT2D eigenvalue weighted by atomic mass is 10.3. The molecule has 0 aromatic carbocycles. The number of amides is 1. The summed E-state index contributed by atoms with van der Waals surface area (Å²) in [6, 6.07) is 0.310. The predicted octanol–water partition coefficient (Wildman–Crippen LogP) is 1.88. The molecule has 0 spiro atoms. The Morgan fingerprint density at radius 2 is 2.18 bits per heavy atom. The second-order valence-electron chi connectivity index (χ2n) is 4.34. The molecule has 0 aliphatic carbocycles. The van der Waals surface area contributed by atoms with Crippen molar-refractivity contribution in [3.05, 3.63) is 16.1 Å². The van der Waals surface area contributed by atoms with Crippen molar-refractivity contribution in [2.75, 3.05) is 6.54 Å². The third kappa shape index (κ3) is 4.83. The number of aromatic nitrogens is 1. The van der Waals surface area contributed by atoms with E-state index in [2.05, 4.69) is 22.5 Å². The lowest BCUT2D eigenvalue weighted by Gasteiger charge is -2.12. The summed E-state index contributed by atoms with van der Waals surface area (Å²) < 4.78 is 0. The SMILES string of the molecule is CCc1cnc(C(C)NC(=O)CNC(C)C)s1. The third-order valence-electron chi connectivity index (χ3n) is 2.34. The van der Waals surface area contributed by atoms with Gasteiger partial charge in [-0.3, -0.25) is 4.79 Å². The molecule has 1 rings (SSSR count). The number of nitrogens with one attached hydrogen (secondary N) is 2. The summed E-state index contributed by atoms with van der Waals surface area (Å²) in [4.78, 5) is 17.2. The molecule has 96 valence electrons. The maximum Gasteiger partial charge on any atom is 0.234 e. The van der Waals surface area contributed by atoms with E-state index >= 15 is 0 Å². The normalized spacial score (nSPS) is 12.8. The van der Waals surface area contributed by atoms with Crippen molar-refractivity contribution < 1.29 is 4.79 Å². The van der Waals surface area contributed by atoms with Gasteiger partial charge in [0.25, 0.3) is 0 Å². The van der Waals surface area contributed by atoms with E-state index in [1.54, 1.807) is 11.3 Å². The van der Waals surface area contributed by atoms with Crippen molar-refractivity contribution in [2.24, 2.45) is 0 Å². The number of aryl methyl sites for hydroxylation is 1. The highest BCUT2D eigenvalue weighted by atomic mass is 32.1. The smallest absolute Gasteiger partial charge is 0.234 e. The summed E-state index contributed by atoms with van der Waals surface area (Å²) in [6.45, 7) is 8.46. The fourth-order valence-electron chi connectivity index (χ4n) is 1.34. The molecular formula is C12H21N3OS. The second kappa shape index (κ2) is 6.71. The Morgan fingerprint density at radius 3 is 2.71 bits per heavy atom. The van der Waals surface area contributed by atoms with Crippen LogP contribution < -0.4 is 10.6 Å². The zero-order chi connectivity index (χ0) is 12.8. The maximum absolute atomic E-state index is 11.6. The second-order valence-corrected chi connectivity index (χ2v) is 5.49. The molecule has 1 unspecified atom stereocenters. The van der Waals surface area contributed by atoms with Gasteiger partial charge < -0.3 is 10.6 Å². The van der Waals surface area contributed by atoms with E-state index in [0.29, 0.717) is 12.6 Å². The number of carbonyl (C=O) groups excluding carboxylic acids is 1. The molecule has 1 amide bonds. The first-order valence-electron chi connectivity index (χ1n) is 6.00. The van der Waals surface area contributed by atoms with Gasteiger partial charge >= 0.3 is 0 Å². The Hall–Kier alpha value is -0.940. The van der Waals surface area contributed by atoms with Crippen LogP contribution in [0, 0.1) is 0 Å². The molecule has 0 saturated heterocycles. The number of rotatable bonds is 6. The van der Waals surface area contributed by atoms with Gasteiger partial charge in [0.05, 0.1) is 12.6 Å². The van der Waals surface area contributed by atoms with E-state index < -0.39 is 0 Å². The van der Waals surface area contributed by atoms with Crippen LogP contribution in [-0.4, -0.2) is 23.5 Å². The summed E-state index contributed by atoms with van der Waals surface area (Å²) in [5.41, 5.74) is 0. The van der Waals surface area contributed by atoms with E-state index in [1.165, 1.54) is 4.88 Å². The van der Waals surface area contributed by atoms with Crippen molar-refractivity contribution in [3.63, 3.8) is 0 Å². The molecule has 0 radical (unpaired) electrons. The fraction of sp³-hybridized carbons (Fsp3) is 0.667. The van der Waals surface area contributed by atoms with Crippen LogP contribution >= 0.6 is 11.3 Å². The zero-order valence-corrected chi connectivity index (χ0v) is 11.7. The van der Waals surface area contributed by atoms with Gasteiger partial charge in [-0.2, -0.15) is 0 Å². The van der Waals surface area contributed by atoms with Crippen LogP contribution in [0.5, 0.6) is 0 Å².